The third kappa shape index (κ3) is 5.95. The monoisotopic (exact) mass is 477 g/mol. The Balaban J connectivity index is 1.75. The zero-order valence-corrected chi connectivity index (χ0v) is 20.5. The molecule has 174 valence electrons. The zero-order valence-electron chi connectivity index (χ0n) is 19.0. The second-order valence-electron chi connectivity index (χ2n) is 8.03. The molecule has 0 unspecified atom stereocenters. The van der Waals surface area contributed by atoms with Crippen molar-refractivity contribution in [3.63, 3.8) is 0 Å². The number of rotatable bonds is 9. The Kier molecular flexibility index (Phi) is 8.82. The van der Waals surface area contributed by atoms with Crippen LogP contribution in [0.15, 0.2) is 35.7 Å². The Hall–Kier alpha value is -2.25. The van der Waals surface area contributed by atoms with Crippen LogP contribution < -0.4 is 10.1 Å². The van der Waals surface area contributed by atoms with Gasteiger partial charge in [-0.2, -0.15) is 0 Å². The number of fused-ring (bicyclic) bond motifs is 1. The summed E-state index contributed by atoms with van der Waals surface area (Å²) >= 11 is 7.69. The number of urea groups is 1. The first-order valence-corrected chi connectivity index (χ1v) is 12.5. The number of nitrogens with zero attached hydrogens (tertiary/aromatic N) is 2. The van der Waals surface area contributed by atoms with Crippen molar-refractivity contribution in [2.75, 3.05) is 26.2 Å². The Morgan fingerprint density at radius 2 is 2.03 bits per heavy atom. The predicted octanol–water partition coefficient (Wildman–Crippen LogP) is 5.13. The summed E-state index contributed by atoms with van der Waals surface area (Å²) in [7, 11) is 0. The second-order valence-corrected chi connectivity index (χ2v) is 9.47. The van der Waals surface area contributed by atoms with E-state index in [1.165, 1.54) is 4.88 Å². The molecule has 0 fully saturated rings. The highest BCUT2D eigenvalue weighted by molar-refractivity contribution is 7.10. The Morgan fingerprint density at radius 3 is 2.72 bits per heavy atom. The molecule has 2 atom stereocenters. The summed E-state index contributed by atoms with van der Waals surface area (Å²) in [6.07, 6.45) is 2.46. The summed E-state index contributed by atoms with van der Waals surface area (Å²) in [4.78, 5) is 31.0. The van der Waals surface area contributed by atoms with E-state index in [4.69, 9.17) is 16.3 Å². The highest BCUT2D eigenvalue weighted by atomic mass is 35.5. The van der Waals surface area contributed by atoms with Gasteiger partial charge in [-0.15, -0.1) is 11.3 Å². The molecule has 6 nitrogen and oxygen atoms in total. The minimum absolute atomic E-state index is 0.0268. The van der Waals surface area contributed by atoms with Crippen molar-refractivity contribution in [3.8, 4) is 5.75 Å². The summed E-state index contributed by atoms with van der Waals surface area (Å²) in [5.41, 5.74) is 1.13. The van der Waals surface area contributed by atoms with Gasteiger partial charge in [-0.1, -0.05) is 25.4 Å². The van der Waals surface area contributed by atoms with E-state index in [0.29, 0.717) is 30.5 Å². The lowest BCUT2D eigenvalue weighted by Crippen LogP contribution is -2.52. The molecule has 2 aromatic rings. The Bertz CT molecular complexity index is 902. The number of hydrogen-bond acceptors (Lipinski definition) is 4. The van der Waals surface area contributed by atoms with Crippen LogP contribution in [0.4, 0.5) is 4.79 Å². The molecule has 1 aliphatic heterocycles. The van der Waals surface area contributed by atoms with Gasteiger partial charge in [0.15, 0.2) is 0 Å². The van der Waals surface area contributed by atoms with Crippen LogP contribution >= 0.6 is 22.9 Å². The van der Waals surface area contributed by atoms with Gasteiger partial charge in [-0.05, 0) is 67.5 Å². The van der Waals surface area contributed by atoms with Gasteiger partial charge in [-0.25, -0.2) is 4.79 Å². The number of nitrogens with one attached hydrogen (secondary N) is 1. The predicted molar refractivity (Wildman–Crippen MR) is 130 cm³/mol. The van der Waals surface area contributed by atoms with Crippen LogP contribution in [0, 0.1) is 0 Å². The van der Waals surface area contributed by atoms with E-state index >= 15 is 0 Å². The molecule has 0 saturated carbocycles. The van der Waals surface area contributed by atoms with Crippen molar-refractivity contribution < 1.29 is 14.3 Å². The number of amides is 3. The molecule has 1 N–H and O–H groups in total. The van der Waals surface area contributed by atoms with Crippen molar-refractivity contribution in [2.24, 2.45) is 0 Å². The fourth-order valence-electron chi connectivity index (χ4n) is 3.80. The highest BCUT2D eigenvalue weighted by Gasteiger charge is 2.34. The number of hydrogen-bond donors (Lipinski definition) is 1. The molecular formula is C24H32ClN3O3S. The lowest BCUT2D eigenvalue weighted by molar-refractivity contribution is -0.135. The topological polar surface area (TPSA) is 61.9 Å². The molecule has 1 aliphatic rings. The number of benzene rings is 1. The van der Waals surface area contributed by atoms with E-state index in [0.717, 1.165) is 24.8 Å². The van der Waals surface area contributed by atoms with E-state index in [2.05, 4.69) is 16.8 Å². The third-order valence-electron chi connectivity index (χ3n) is 5.85. The average molecular weight is 478 g/mol. The van der Waals surface area contributed by atoms with Crippen LogP contribution in [-0.2, 0) is 11.2 Å². The number of thiophene rings is 1. The fourth-order valence-corrected chi connectivity index (χ4v) is 4.85. The van der Waals surface area contributed by atoms with E-state index in [1.807, 2.05) is 37.8 Å². The van der Waals surface area contributed by atoms with Gasteiger partial charge in [0.1, 0.15) is 18.9 Å². The summed E-state index contributed by atoms with van der Waals surface area (Å²) in [5, 5.41) is 5.63. The van der Waals surface area contributed by atoms with E-state index in [9.17, 15) is 9.59 Å². The van der Waals surface area contributed by atoms with E-state index in [-0.39, 0.29) is 30.6 Å². The maximum absolute atomic E-state index is 13.4. The van der Waals surface area contributed by atoms with Gasteiger partial charge in [0.2, 0.25) is 5.91 Å². The van der Waals surface area contributed by atoms with Crippen LogP contribution in [0.3, 0.4) is 0 Å². The van der Waals surface area contributed by atoms with Crippen molar-refractivity contribution >= 4 is 34.9 Å². The summed E-state index contributed by atoms with van der Waals surface area (Å²) in [5.74, 6) is 0.655. The molecule has 2 heterocycles. The van der Waals surface area contributed by atoms with Gasteiger partial charge in [0.05, 0.1) is 6.04 Å². The van der Waals surface area contributed by atoms with Crippen molar-refractivity contribution in [2.45, 2.75) is 52.1 Å². The normalized spacial score (nSPS) is 16.2. The molecule has 3 rings (SSSR count). The van der Waals surface area contributed by atoms with Crippen molar-refractivity contribution in [1.29, 1.82) is 0 Å². The lowest BCUT2D eigenvalue weighted by Gasteiger charge is -2.38. The molecule has 0 aliphatic carbocycles. The van der Waals surface area contributed by atoms with E-state index in [1.54, 1.807) is 28.4 Å². The minimum atomic E-state index is -0.189. The van der Waals surface area contributed by atoms with Gasteiger partial charge in [0.25, 0.3) is 0 Å². The van der Waals surface area contributed by atoms with Crippen LogP contribution in [0.25, 0.3) is 0 Å². The maximum Gasteiger partial charge on any atom is 0.318 e. The minimum Gasteiger partial charge on any atom is -0.491 e. The molecule has 32 heavy (non-hydrogen) atoms. The van der Waals surface area contributed by atoms with Gasteiger partial charge >= 0.3 is 6.03 Å². The molecule has 3 amide bonds. The van der Waals surface area contributed by atoms with Gasteiger partial charge < -0.3 is 19.9 Å². The quantitative estimate of drug-likeness (QED) is 0.544. The SMILES string of the molecule is CCCNC(=O)N(CC(=O)N1CCc2sccc2[C@@H]1COc1ccc(Cl)cc1)[C@H](C)CC. The molecule has 0 spiro atoms. The first-order valence-electron chi connectivity index (χ1n) is 11.2. The van der Waals surface area contributed by atoms with Crippen LogP contribution in [0.2, 0.25) is 5.02 Å². The Labute approximate surface area is 199 Å². The summed E-state index contributed by atoms with van der Waals surface area (Å²) in [6, 6.07) is 8.91. The summed E-state index contributed by atoms with van der Waals surface area (Å²) < 4.78 is 6.04. The molecule has 0 radical (unpaired) electrons. The smallest absolute Gasteiger partial charge is 0.318 e. The fraction of sp³-hybridized carbons (Fsp3) is 0.500. The second kappa shape index (κ2) is 11.6. The van der Waals surface area contributed by atoms with Gasteiger partial charge in [-0.3, -0.25) is 4.79 Å². The summed E-state index contributed by atoms with van der Waals surface area (Å²) in [6.45, 7) is 7.63. The van der Waals surface area contributed by atoms with Gasteiger partial charge in [0, 0.05) is 29.0 Å². The zero-order chi connectivity index (χ0) is 23.1. The standard InChI is InChI=1S/C24H32ClN3O3S/c1-4-12-26-24(30)28(17(3)5-2)15-23(29)27-13-10-22-20(11-14-32-22)21(27)16-31-19-8-6-18(25)7-9-19/h6-9,11,14,17,21H,4-5,10,12-13,15-16H2,1-3H3,(H,26,30)/t17-,21+/m1/s1. The van der Waals surface area contributed by atoms with E-state index < -0.39 is 0 Å². The molecular weight excluding hydrogens is 446 g/mol. The van der Waals surface area contributed by atoms with Crippen molar-refractivity contribution in [1.82, 2.24) is 15.1 Å². The van der Waals surface area contributed by atoms with Crippen LogP contribution in [-0.4, -0.2) is 54.0 Å². The first-order chi connectivity index (χ1) is 15.4. The number of ether oxygens (including phenoxy) is 1. The molecule has 1 aromatic heterocycles. The van der Waals surface area contributed by atoms with Crippen LogP contribution in [0.5, 0.6) is 5.75 Å². The number of carbonyl (C=O) groups excluding carboxylic acids is 2. The number of carbonyl (C=O) groups is 2. The molecule has 1 aromatic carbocycles. The van der Waals surface area contributed by atoms with Crippen LogP contribution in [0.1, 0.15) is 50.1 Å². The molecule has 0 saturated heterocycles. The number of halogens is 1. The molecule has 8 heteroatoms. The Morgan fingerprint density at radius 1 is 1.28 bits per heavy atom. The average Bonchev–Trinajstić information content (AvgIpc) is 3.29. The third-order valence-corrected chi connectivity index (χ3v) is 7.10. The first kappa shape index (κ1) is 24.4. The highest BCUT2D eigenvalue weighted by Crippen LogP contribution is 2.34. The maximum atomic E-state index is 13.4. The molecule has 0 bridgehead atoms. The largest absolute Gasteiger partial charge is 0.491 e. The lowest BCUT2D eigenvalue weighted by atomic mass is 10.00. The van der Waals surface area contributed by atoms with Crippen molar-refractivity contribution in [3.05, 3.63) is 51.2 Å².